The Hall–Kier alpha value is -2.03. The van der Waals surface area contributed by atoms with Crippen LogP contribution in [0.5, 0.6) is 5.75 Å². The van der Waals surface area contributed by atoms with Crippen LogP contribution < -0.4 is 10.1 Å². The predicted molar refractivity (Wildman–Crippen MR) is 85.4 cm³/mol. The molecule has 1 unspecified atom stereocenters. The van der Waals surface area contributed by atoms with Crippen molar-refractivity contribution < 1.29 is 9.13 Å². The highest BCUT2D eigenvalue weighted by atomic mass is 19.1. The van der Waals surface area contributed by atoms with Gasteiger partial charge in [-0.3, -0.25) is 0 Å². The molecule has 0 aliphatic heterocycles. The van der Waals surface area contributed by atoms with Gasteiger partial charge in [-0.2, -0.15) is 0 Å². The largest absolute Gasteiger partial charge is 0.494 e. The fraction of sp³-hybridized carbons (Fsp3) is 0.333. The molecule has 0 fully saturated rings. The molecular weight excluding hydrogens is 265 g/mol. The lowest BCUT2D eigenvalue weighted by atomic mass is 10.1. The summed E-state index contributed by atoms with van der Waals surface area (Å²) < 4.78 is 19.1. The summed E-state index contributed by atoms with van der Waals surface area (Å²) in [6, 6.07) is 13.2. The molecule has 0 bridgehead atoms. The first kappa shape index (κ1) is 15.4. The quantitative estimate of drug-likeness (QED) is 0.798. The summed E-state index contributed by atoms with van der Waals surface area (Å²) >= 11 is 0. The molecule has 2 aromatic carbocycles. The molecular formula is C18H22FNO. The van der Waals surface area contributed by atoms with Gasteiger partial charge in [0.25, 0.3) is 0 Å². The molecule has 0 heterocycles. The van der Waals surface area contributed by atoms with Gasteiger partial charge in [0.2, 0.25) is 0 Å². The Balaban J connectivity index is 2.06. The Morgan fingerprint density at radius 3 is 2.52 bits per heavy atom. The number of halogens is 1. The molecule has 0 aliphatic carbocycles. The van der Waals surface area contributed by atoms with E-state index < -0.39 is 0 Å². The second-order valence-corrected chi connectivity index (χ2v) is 5.20. The third-order valence-electron chi connectivity index (χ3n) is 3.49. The van der Waals surface area contributed by atoms with Crippen LogP contribution in [0.1, 0.15) is 37.4 Å². The first-order chi connectivity index (χ1) is 10.1. The van der Waals surface area contributed by atoms with E-state index in [9.17, 15) is 4.39 Å². The molecule has 0 amide bonds. The molecule has 2 nitrogen and oxygen atoms in total. The second kappa shape index (κ2) is 7.11. The Morgan fingerprint density at radius 2 is 1.86 bits per heavy atom. The average Bonchev–Trinajstić information content (AvgIpc) is 2.50. The number of anilines is 1. The van der Waals surface area contributed by atoms with Crippen LogP contribution in [0.2, 0.25) is 0 Å². The van der Waals surface area contributed by atoms with E-state index in [2.05, 4.69) is 19.2 Å². The number of hydrogen-bond acceptors (Lipinski definition) is 2. The lowest BCUT2D eigenvalue weighted by molar-refractivity contribution is 0.317. The normalized spacial score (nSPS) is 12.0. The zero-order chi connectivity index (χ0) is 15.2. The standard InChI is InChI=1S/C18H22FNO/c1-4-12-21-16-10-8-15(9-11-16)14(3)20-18-7-5-6-17(19)13(18)2/h5-11,14,20H,4,12H2,1-3H3. The van der Waals surface area contributed by atoms with Crippen molar-refractivity contribution in [1.82, 2.24) is 0 Å². The van der Waals surface area contributed by atoms with Gasteiger partial charge in [0.05, 0.1) is 6.61 Å². The summed E-state index contributed by atoms with van der Waals surface area (Å²) in [6.07, 6.45) is 0.999. The lowest BCUT2D eigenvalue weighted by Gasteiger charge is -2.18. The first-order valence-electron chi connectivity index (χ1n) is 7.36. The maximum atomic E-state index is 13.5. The maximum Gasteiger partial charge on any atom is 0.128 e. The van der Waals surface area contributed by atoms with Crippen LogP contribution >= 0.6 is 0 Å². The Kier molecular flexibility index (Phi) is 5.20. The summed E-state index contributed by atoms with van der Waals surface area (Å²) in [5, 5.41) is 3.35. The Labute approximate surface area is 126 Å². The number of rotatable bonds is 6. The second-order valence-electron chi connectivity index (χ2n) is 5.20. The SMILES string of the molecule is CCCOc1ccc(C(C)Nc2cccc(F)c2C)cc1. The molecule has 2 aromatic rings. The highest BCUT2D eigenvalue weighted by Crippen LogP contribution is 2.24. The zero-order valence-electron chi connectivity index (χ0n) is 12.8. The average molecular weight is 287 g/mol. The van der Waals surface area contributed by atoms with Crippen LogP contribution in [0.4, 0.5) is 10.1 Å². The van der Waals surface area contributed by atoms with E-state index in [-0.39, 0.29) is 11.9 Å². The predicted octanol–water partition coefficient (Wildman–Crippen LogP) is 5.10. The van der Waals surface area contributed by atoms with Crippen LogP contribution in [-0.2, 0) is 0 Å². The van der Waals surface area contributed by atoms with Crippen LogP contribution in [0.3, 0.4) is 0 Å². The molecule has 1 N–H and O–H groups in total. The number of nitrogens with one attached hydrogen (secondary N) is 1. The molecule has 0 saturated heterocycles. The Morgan fingerprint density at radius 1 is 1.14 bits per heavy atom. The van der Waals surface area contributed by atoms with Gasteiger partial charge < -0.3 is 10.1 Å². The van der Waals surface area contributed by atoms with E-state index in [1.54, 1.807) is 13.0 Å². The molecule has 0 spiro atoms. The van der Waals surface area contributed by atoms with Gasteiger partial charge in [-0.05, 0) is 50.1 Å². The van der Waals surface area contributed by atoms with Crippen molar-refractivity contribution in [2.24, 2.45) is 0 Å². The highest BCUT2D eigenvalue weighted by Gasteiger charge is 2.09. The first-order valence-corrected chi connectivity index (χ1v) is 7.36. The van der Waals surface area contributed by atoms with Gasteiger partial charge in [-0.25, -0.2) is 4.39 Å². The lowest BCUT2D eigenvalue weighted by Crippen LogP contribution is -2.08. The van der Waals surface area contributed by atoms with E-state index >= 15 is 0 Å². The van der Waals surface area contributed by atoms with Crippen molar-refractivity contribution in [2.75, 3.05) is 11.9 Å². The van der Waals surface area contributed by atoms with Gasteiger partial charge in [0, 0.05) is 17.3 Å². The van der Waals surface area contributed by atoms with Crippen molar-refractivity contribution in [3.05, 3.63) is 59.4 Å². The maximum absolute atomic E-state index is 13.5. The van der Waals surface area contributed by atoms with Gasteiger partial charge in [0.1, 0.15) is 11.6 Å². The van der Waals surface area contributed by atoms with Crippen LogP contribution in [0.25, 0.3) is 0 Å². The smallest absolute Gasteiger partial charge is 0.128 e. The summed E-state index contributed by atoms with van der Waals surface area (Å²) in [6.45, 7) is 6.66. The minimum absolute atomic E-state index is 0.103. The summed E-state index contributed by atoms with van der Waals surface area (Å²) in [5.74, 6) is 0.699. The third-order valence-corrected chi connectivity index (χ3v) is 3.49. The van der Waals surface area contributed by atoms with Crippen molar-refractivity contribution in [3.63, 3.8) is 0 Å². The van der Waals surface area contributed by atoms with Crippen LogP contribution in [0.15, 0.2) is 42.5 Å². The summed E-state index contributed by atoms with van der Waals surface area (Å²) in [7, 11) is 0. The monoisotopic (exact) mass is 287 g/mol. The van der Waals surface area contributed by atoms with Gasteiger partial charge in [-0.15, -0.1) is 0 Å². The van der Waals surface area contributed by atoms with Crippen molar-refractivity contribution in [1.29, 1.82) is 0 Å². The van der Waals surface area contributed by atoms with Crippen molar-refractivity contribution in [2.45, 2.75) is 33.2 Å². The van der Waals surface area contributed by atoms with E-state index in [4.69, 9.17) is 4.74 Å². The number of benzene rings is 2. The topological polar surface area (TPSA) is 21.3 Å². The van der Waals surface area contributed by atoms with E-state index in [1.165, 1.54) is 6.07 Å². The fourth-order valence-electron chi connectivity index (χ4n) is 2.15. The van der Waals surface area contributed by atoms with Crippen LogP contribution in [0, 0.1) is 12.7 Å². The van der Waals surface area contributed by atoms with E-state index in [0.717, 1.165) is 30.0 Å². The molecule has 0 saturated carbocycles. The fourth-order valence-corrected chi connectivity index (χ4v) is 2.15. The highest BCUT2D eigenvalue weighted by molar-refractivity contribution is 5.52. The summed E-state index contributed by atoms with van der Waals surface area (Å²) in [5.41, 5.74) is 2.61. The summed E-state index contributed by atoms with van der Waals surface area (Å²) in [4.78, 5) is 0. The molecule has 3 heteroatoms. The molecule has 1 atom stereocenters. The van der Waals surface area contributed by atoms with Gasteiger partial charge in [-0.1, -0.05) is 25.1 Å². The van der Waals surface area contributed by atoms with E-state index in [0.29, 0.717) is 5.56 Å². The molecule has 21 heavy (non-hydrogen) atoms. The molecule has 2 rings (SSSR count). The van der Waals surface area contributed by atoms with Crippen molar-refractivity contribution >= 4 is 5.69 Å². The minimum Gasteiger partial charge on any atom is -0.494 e. The number of hydrogen-bond donors (Lipinski definition) is 1. The number of ether oxygens (including phenoxy) is 1. The Bertz CT molecular complexity index is 580. The van der Waals surface area contributed by atoms with E-state index in [1.807, 2.05) is 30.3 Å². The van der Waals surface area contributed by atoms with Gasteiger partial charge >= 0.3 is 0 Å². The zero-order valence-corrected chi connectivity index (χ0v) is 12.8. The molecule has 0 aliphatic rings. The van der Waals surface area contributed by atoms with Crippen molar-refractivity contribution in [3.8, 4) is 5.75 Å². The molecule has 0 radical (unpaired) electrons. The van der Waals surface area contributed by atoms with Crippen LogP contribution in [-0.4, -0.2) is 6.61 Å². The third kappa shape index (κ3) is 3.97. The molecule has 112 valence electrons. The minimum atomic E-state index is -0.185. The van der Waals surface area contributed by atoms with Gasteiger partial charge in [0.15, 0.2) is 0 Å². The molecule has 0 aromatic heterocycles.